The summed E-state index contributed by atoms with van der Waals surface area (Å²) in [5.41, 5.74) is 1.62. The summed E-state index contributed by atoms with van der Waals surface area (Å²) in [6.45, 7) is 7.51. The zero-order valence-electron chi connectivity index (χ0n) is 26.0. The quantitative estimate of drug-likeness (QED) is 0.112. The zero-order chi connectivity index (χ0) is 29.7. The van der Waals surface area contributed by atoms with E-state index in [0.717, 1.165) is 35.4 Å². The first-order chi connectivity index (χ1) is 20.0. The number of carbonyl (C=O) groups is 2. The van der Waals surface area contributed by atoms with Gasteiger partial charge in [0.15, 0.2) is 23.9 Å². The molecule has 0 aliphatic carbocycles. The van der Waals surface area contributed by atoms with Crippen LogP contribution in [0.1, 0.15) is 115 Å². The number of aryl methyl sites for hydroxylation is 1. The number of benzene rings is 1. The molecule has 41 heavy (non-hydrogen) atoms. The SMILES string of the molecule is CCCCCCCCCCCCCCOc1ccc(COC(=O)N(Cc2cc[n+](CCC)cc2)C(C)=O)cc1OC. The molecule has 228 valence electrons. The predicted molar refractivity (Wildman–Crippen MR) is 163 cm³/mol. The largest absolute Gasteiger partial charge is 0.493 e. The lowest BCUT2D eigenvalue weighted by Crippen LogP contribution is -2.36. The highest BCUT2D eigenvalue weighted by atomic mass is 16.6. The van der Waals surface area contributed by atoms with Crippen molar-refractivity contribution in [2.75, 3.05) is 13.7 Å². The van der Waals surface area contributed by atoms with Crippen molar-refractivity contribution in [1.29, 1.82) is 0 Å². The van der Waals surface area contributed by atoms with E-state index in [1.54, 1.807) is 7.11 Å². The lowest BCUT2D eigenvalue weighted by Gasteiger charge is -2.19. The molecule has 2 amide bonds. The van der Waals surface area contributed by atoms with Gasteiger partial charge >= 0.3 is 6.09 Å². The Hall–Kier alpha value is -3.09. The highest BCUT2D eigenvalue weighted by Gasteiger charge is 2.21. The number of amides is 2. The van der Waals surface area contributed by atoms with Crippen molar-refractivity contribution in [1.82, 2.24) is 4.90 Å². The maximum atomic E-state index is 12.7. The lowest BCUT2D eigenvalue weighted by molar-refractivity contribution is -0.697. The Kier molecular flexibility index (Phi) is 17.3. The van der Waals surface area contributed by atoms with Crippen LogP contribution < -0.4 is 14.0 Å². The molecule has 0 atom stereocenters. The summed E-state index contributed by atoms with van der Waals surface area (Å²) in [7, 11) is 1.60. The number of hydrogen-bond acceptors (Lipinski definition) is 5. The molecule has 0 fully saturated rings. The maximum absolute atomic E-state index is 12.7. The van der Waals surface area contributed by atoms with Gasteiger partial charge in [0, 0.05) is 25.5 Å². The van der Waals surface area contributed by atoms with Gasteiger partial charge < -0.3 is 14.2 Å². The maximum Gasteiger partial charge on any atom is 0.417 e. The van der Waals surface area contributed by atoms with Crippen LogP contribution in [0, 0.1) is 0 Å². The van der Waals surface area contributed by atoms with Crippen LogP contribution in [0.2, 0.25) is 0 Å². The minimum absolute atomic E-state index is 0.0310. The Labute approximate surface area is 248 Å². The van der Waals surface area contributed by atoms with E-state index in [4.69, 9.17) is 14.2 Å². The number of aromatic nitrogens is 1. The van der Waals surface area contributed by atoms with Gasteiger partial charge in [-0.15, -0.1) is 0 Å². The molecule has 2 aromatic rings. The van der Waals surface area contributed by atoms with Gasteiger partial charge in [-0.1, -0.05) is 90.5 Å². The van der Waals surface area contributed by atoms with Gasteiger partial charge in [0.25, 0.3) is 0 Å². The van der Waals surface area contributed by atoms with Gasteiger partial charge in [0.1, 0.15) is 13.2 Å². The Morgan fingerprint density at radius 2 is 1.37 bits per heavy atom. The van der Waals surface area contributed by atoms with Gasteiger partial charge in [-0.2, -0.15) is 0 Å². The van der Waals surface area contributed by atoms with E-state index in [1.807, 2.05) is 42.7 Å². The summed E-state index contributed by atoms with van der Waals surface area (Å²) in [5.74, 6) is 0.922. The monoisotopic (exact) mass is 569 g/mol. The van der Waals surface area contributed by atoms with Crippen molar-refractivity contribution in [2.45, 2.75) is 124 Å². The highest BCUT2D eigenvalue weighted by molar-refractivity contribution is 5.90. The minimum atomic E-state index is -0.672. The zero-order valence-corrected chi connectivity index (χ0v) is 26.0. The van der Waals surface area contributed by atoms with Crippen LogP contribution in [0.5, 0.6) is 11.5 Å². The van der Waals surface area contributed by atoms with Crippen molar-refractivity contribution in [3.63, 3.8) is 0 Å². The van der Waals surface area contributed by atoms with Crippen LogP contribution in [0.4, 0.5) is 4.79 Å². The van der Waals surface area contributed by atoms with E-state index in [9.17, 15) is 9.59 Å². The third-order valence-corrected chi connectivity index (χ3v) is 7.23. The number of pyridine rings is 1. The third kappa shape index (κ3) is 13.9. The van der Waals surface area contributed by atoms with Crippen LogP contribution in [-0.4, -0.2) is 30.6 Å². The highest BCUT2D eigenvalue weighted by Crippen LogP contribution is 2.29. The molecule has 1 heterocycles. The molecule has 1 aromatic heterocycles. The molecule has 2 rings (SSSR count). The lowest BCUT2D eigenvalue weighted by atomic mass is 10.1. The summed E-state index contributed by atoms with van der Waals surface area (Å²) >= 11 is 0. The van der Waals surface area contributed by atoms with E-state index in [-0.39, 0.29) is 19.1 Å². The van der Waals surface area contributed by atoms with Crippen molar-refractivity contribution >= 4 is 12.0 Å². The predicted octanol–water partition coefficient (Wildman–Crippen LogP) is 8.16. The summed E-state index contributed by atoms with van der Waals surface area (Å²) in [6, 6.07) is 9.35. The number of ether oxygens (including phenoxy) is 3. The Bertz CT molecular complexity index is 1010. The minimum Gasteiger partial charge on any atom is -0.493 e. The summed E-state index contributed by atoms with van der Waals surface area (Å²) < 4.78 is 19.0. The van der Waals surface area contributed by atoms with Crippen molar-refractivity contribution in [3.05, 3.63) is 53.9 Å². The second-order valence-corrected chi connectivity index (χ2v) is 10.8. The molecule has 1 aromatic carbocycles. The van der Waals surface area contributed by atoms with E-state index < -0.39 is 6.09 Å². The van der Waals surface area contributed by atoms with Crippen molar-refractivity contribution in [3.8, 4) is 11.5 Å². The molecule has 0 unspecified atom stereocenters. The van der Waals surface area contributed by atoms with Gasteiger partial charge in [0.05, 0.1) is 20.3 Å². The first-order valence-electron chi connectivity index (χ1n) is 15.7. The van der Waals surface area contributed by atoms with Crippen LogP contribution >= 0.6 is 0 Å². The average molecular weight is 570 g/mol. The molecule has 0 saturated carbocycles. The fourth-order valence-corrected chi connectivity index (χ4v) is 4.76. The molecular weight excluding hydrogens is 516 g/mol. The van der Waals surface area contributed by atoms with Crippen molar-refractivity contribution < 1.29 is 28.4 Å². The molecule has 0 radical (unpaired) electrons. The van der Waals surface area contributed by atoms with Crippen LogP contribution in [0.3, 0.4) is 0 Å². The molecular formula is C34H53N2O5+. The molecule has 0 spiro atoms. The second kappa shape index (κ2) is 20.7. The van der Waals surface area contributed by atoms with Gasteiger partial charge in [-0.25, -0.2) is 14.3 Å². The number of carbonyl (C=O) groups excluding carboxylic acids is 2. The Morgan fingerprint density at radius 3 is 1.93 bits per heavy atom. The molecule has 0 N–H and O–H groups in total. The van der Waals surface area contributed by atoms with E-state index in [2.05, 4.69) is 18.4 Å². The van der Waals surface area contributed by atoms with Crippen molar-refractivity contribution in [2.24, 2.45) is 0 Å². The number of imide groups is 1. The van der Waals surface area contributed by atoms with E-state index in [0.29, 0.717) is 18.1 Å². The Balaban J connectivity index is 1.70. The van der Waals surface area contributed by atoms with Crippen LogP contribution in [0.15, 0.2) is 42.7 Å². The number of unbranched alkanes of at least 4 members (excludes halogenated alkanes) is 11. The topological polar surface area (TPSA) is 69.0 Å². The Morgan fingerprint density at radius 1 is 0.756 bits per heavy atom. The van der Waals surface area contributed by atoms with Gasteiger partial charge in [0.2, 0.25) is 5.91 Å². The van der Waals surface area contributed by atoms with Crippen LogP contribution in [-0.2, 0) is 29.2 Å². The summed E-state index contributed by atoms with van der Waals surface area (Å²) in [5, 5.41) is 0. The number of hydrogen-bond donors (Lipinski definition) is 0. The standard InChI is InChI=1S/C34H53N2O5/c1-5-7-8-9-10-11-12-13-14-15-16-17-25-40-32-19-18-31(26-33(32)39-4)28-41-34(38)36(29(3)37)27-30-20-23-35(22-6-2)24-21-30/h18-21,23-24,26H,5-17,22,25,27-28H2,1-4H3/q+1. The first kappa shape index (κ1) is 34.1. The molecule has 0 aliphatic rings. The fraction of sp³-hybridized carbons (Fsp3) is 0.618. The van der Waals surface area contributed by atoms with E-state index >= 15 is 0 Å². The number of methoxy groups -OCH3 is 1. The summed E-state index contributed by atoms with van der Waals surface area (Å²) in [6.07, 6.45) is 20.0. The van der Waals surface area contributed by atoms with E-state index in [1.165, 1.54) is 77.6 Å². The number of nitrogens with zero attached hydrogens (tertiary/aromatic N) is 2. The van der Waals surface area contributed by atoms with Crippen LogP contribution in [0.25, 0.3) is 0 Å². The molecule has 0 bridgehead atoms. The molecule has 0 saturated heterocycles. The molecule has 7 heteroatoms. The first-order valence-corrected chi connectivity index (χ1v) is 15.7. The summed E-state index contributed by atoms with van der Waals surface area (Å²) in [4.78, 5) is 26.0. The number of rotatable bonds is 21. The molecule has 0 aliphatic heterocycles. The fourth-order valence-electron chi connectivity index (χ4n) is 4.76. The smallest absolute Gasteiger partial charge is 0.417 e. The van der Waals surface area contributed by atoms with Gasteiger partial charge in [-0.05, 0) is 29.7 Å². The second-order valence-electron chi connectivity index (χ2n) is 10.8. The molecule has 7 nitrogen and oxygen atoms in total. The normalized spacial score (nSPS) is 10.8. The third-order valence-electron chi connectivity index (χ3n) is 7.23. The van der Waals surface area contributed by atoms with Gasteiger partial charge in [-0.3, -0.25) is 4.79 Å². The average Bonchev–Trinajstić information content (AvgIpc) is 2.98.